The van der Waals surface area contributed by atoms with Crippen LogP contribution in [-0.4, -0.2) is 6.04 Å². The fraction of sp³-hybridized carbons (Fsp3) is 0.400. The van der Waals surface area contributed by atoms with Crippen molar-refractivity contribution in [2.24, 2.45) is 5.73 Å². The SMILES string of the molecule is N[C@H](c1ccccc1)[C@H](NC1CCCCC1)c1ccccc1. The molecule has 1 aliphatic carbocycles. The predicted octanol–water partition coefficient (Wildman–Crippen LogP) is 4.35. The van der Waals surface area contributed by atoms with E-state index in [-0.39, 0.29) is 12.1 Å². The first-order chi connectivity index (χ1) is 10.8. The molecule has 0 aromatic heterocycles. The Morgan fingerprint density at radius 1 is 0.773 bits per heavy atom. The van der Waals surface area contributed by atoms with E-state index in [1.165, 1.54) is 43.2 Å². The van der Waals surface area contributed by atoms with Crippen molar-refractivity contribution in [2.45, 2.75) is 50.2 Å². The number of hydrogen-bond donors (Lipinski definition) is 2. The van der Waals surface area contributed by atoms with Crippen LogP contribution in [0.4, 0.5) is 0 Å². The molecule has 1 fully saturated rings. The van der Waals surface area contributed by atoms with Gasteiger partial charge in [-0.25, -0.2) is 0 Å². The Morgan fingerprint density at radius 3 is 1.91 bits per heavy atom. The molecule has 0 bridgehead atoms. The Bertz CT molecular complexity index is 546. The summed E-state index contributed by atoms with van der Waals surface area (Å²) < 4.78 is 0. The topological polar surface area (TPSA) is 38.0 Å². The molecule has 2 aromatic carbocycles. The maximum Gasteiger partial charge on any atom is 0.0518 e. The van der Waals surface area contributed by atoms with E-state index in [1.54, 1.807) is 0 Å². The zero-order chi connectivity index (χ0) is 15.2. The van der Waals surface area contributed by atoms with Gasteiger partial charge in [0.2, 0.25) is 0 Å². The van der Waals surface area contributed by atoms with Crippen molar-refractivity contribution in [1.82, 2.24) is 5.32 Å². The zero-order valence-electron chi connectivity index (χ0n) is 13.1. The van der Waals surface area contributed by atoms with Gasteiger partial charge in [0, 0.05) is 12.1 Å². The van der Waals surface area contributed by atoms with Crippen LogP contribution in [0.5, 0.6) is 0 Å². The quantitative estimate of drug-likeness (QED) is 0.860. The normalized spacial score (nSPS) is 18.8. The third-order valence-corrected chi connectivity index (χ3v) is 4.72. The average molecular weight is 294 g/mol. The van der Waals surface area contributed by atoms with E-state index in [9.17, 15) is 0 Å². The number of hydrogen-bond acceptors (Lipinski definition) is 2. The molecule has 1 aliphatic rings. The molecule has 0 unspecified atom stereocenters. The second-order valence-electron chi connectivity index (χ2n) is 6.33. The van der Waals surface area contributed by atoms with Gasteiger partial charge in [0.25, 0.3) is 0 Å². The summed E-state index contributed by atoms with van der Waals surface area (Å²) in [6.07, 6.45) is 6.58. The lowest BCUT2D eigenvalue weighted by atomic mass is 9.90. The van der Waals surface area contributed by atoms with Crippen LogP contribution in [0.25, 0.3) is 0 Å². The molecule has 3 N–H and O–H groups in total. The Hall–Kier alpha value is -1.64. The van der Waals surface area contributed by atoms with E-state index in [0.717, 1.165) is 0 Å². The van der Waals surface area contributed by atoms with Crippen LogP contribution in [0.1, 0.15) is 55.3 Å². The van der Waals surface area contributed by atoms with Crippen LogP contribution >= 0.6 is 0 Å². The van der Waals surface area contributed by atoms with Gasteiger partial charge >= 0.3 is 0 Å². The molecular formula is C20H26N2. The van der Waals surface area contributed by atoms with Crippen molar-refractivity contribution >= 4 is 0 Å². The molecule has 116 valence electrons. The van der Waals surface area contributed by atoms with Gasteiger partial charge in [-0.3, -0.25) is 0 Å². The summed E-state index contributed by atoms with van der Waals surface area (Å²) in [6, 6.07) is 21.8. The Kier molecular flexibility index (Phi) is 5.25. The van der Waals surface area contributed by atoms with Gasteiger partial charge in [0.15, 0.2) is 0 Å². The molecule has 0 saturated heterocycles. The predicted molar refractivity (Wildman–Crippen MR) is 92.6 cm³/mol. The van der Waals surface area contributed by atoms with Crippen LogP contribution < -0.4 is 11.1 Å². The summed E-state index contributed by atoms with van der Waals surface area (Å²) in [5.41, 5.74) is 9.10. The van der Waals surface area contributed by atoms with Crippen molar-refractivity contribution in [3.63, 3.8) is 0 Å². The molecule has 0 spiro atoms. The van der Waals surface area contributed by atoms with E-state index in [1.807, 2.05) is 6.07 Å². The Morgan fingerprint density at radius 2 is 1.32 bits per heavy atom. The molecule has 0 amide bonds. The van der Waals surface area contributed by atoms with Gasteiger partial charge < -0.3 is 11.1 Å². The molecule has 2 heteroatoms. The van der Waals surface area contributed by atoms with Gasteiger partial charge in [-0.05, 0) is 24.0 Å². The minimum absolute atomic E-state index is 0.0227. The van der Waals surface area contributed by atoms with Gasteiger partial charge in [-0.15, -0.1) is 0 Å². The highest BCUT2D eigenvalue weighted by Crippen LogP contribution is 2.29. The highest BCUT2D eigenvalue weighted by molar-refractivity contribution is 5.27. The lowest BCUT2D eigenvalue weighted by Crippen LogP contribution is -2.39. The van der Waals surface area contributed by atoms with E-state index in [2.05, 4.69) is 59.9 Å². The number of rotatable bonds is 5. The smallest absolute Gasteiger partial charge is 0.0518 e. The number of benzene rings is 2. The summed E-state index contributed by atoms with van der Waals surface area (Å²) in [6.45, 7) is 0. The van der Waals surface area contributed by atoms with Crippen molar-refractivity contribution < 1.29 is 0 Å². The Balaban J connectivity index is 1.82. The minimum Gasteiger partial charge on any atom is -0.322 e. The van der Waals surface area contributed by atoms with Crippen molar-refractivity contribution in [1.29, 1.82) is 0 Å². The molecule has 0 heterocycles. The molecular weight excluding hydrogens is 268 g/mol. The largest absolute Gasteiger partial charge is 0.322 e. The molecule has 1 saturated carbocycles. The highest BCUT2D eigenvalue weighted by atomic mass is 15.0. The standard InChI is InChI=1S/C20H26N2/c21-19(16-10-4-1-5-11-16)20(17-12-6-2-7-13-17)22-18-14-8-3-9-15-18/h1-2,4-7,10-13,18-20,22H,3,8-9,14-15,21H2/t19-,20-/m1/s1. The summed E-state index contributed by atoms with van der Waals surface area (Å²) in [5, 5.41) is 3.85. The monoisotopic (exact) mass is 294 g/mol. The lowest BCUT2D eigenvalue weighted by Gasteiger charge is -2.32. The van der Waals surface area contributed by atoms with Crippen LogP contribution in [0.15, 0.2) is 60.7 Å². The fourth-order valence-corrected chi connectivity index (χ4v) is 3.46. The molecule has 0 radical (unpaired) electrons. The van der Waals surface area contributed by atoms with Crippen molar-refractivity contribution in [3.8, 4) is 0 Å². The minimum atomic E-state index is -0.0227. The van der Waals surface area contributed by atoms with Gasteiger partial charge in [0.1, 0.15) is 0 Å². The van der Waals surface area contributed by atoms with E-state index < -0.39 is 0 Å². The van der Waals surface area contributed by atoms with Gasteiger partial charge in [0.05, 0.1) is 6.04 Å². The molecule has 2 aromatic rings. The third-order valence-electron chi connectivity index (χ3n) is 4.72. The second kappa shape index (κ2) is 7.57. The zero-order valence-corrected chi connectivity index (χ0v) is 13.1. The molecule has 2 atom stereocenters. The van der Waals surface area contributed by atoms with Crippen LogP contribution in [0.2, 0.25) is 0 Å². The van der Waals surface area contributed by atoms with Crippen molar-refractivity contribution in [2.75, 3.05) is 0 Å². The summed E-state index contributed by atoms with van der Waals surface area (Å²) in [5.74, 6) is 0. The summed E-state index contributed by atoms with van der Waals surface area (Å²) in [4.78, 5) is 0. The van der Waals surface area contributed by atoms with Crippen LogP contribution in [0.3, 0.4) is 0 Å². The number of nitrogens with one attached hydrogen (secondary N) is 1. The molecule has 0 aliphatic heterocycles. The van der Waals surface area contributed by atoms with Crippen LogP contribution in [-0.2, 0) is 0 Å². The van der Waals surface area contributed by atoms with Gasteiger partial charge in [-0.1, -0.05) is 79.9 Å². The Labute approximate surface area is 133 Å². The molecule has 2 nitrogen and oxygen atoms in total. The average Bonchev–Trinajstić information content (AvgIpc) is 2.61. The first kappa shape index (κ1) is 15.3. The maximum atomic E-state index is 6.63. The maximum absolute atomic E-state index is 6.63. The van der Waals surface area contributed by atoms with E-state index in [0.29, 0.717) is 6.04 Å². The third kappa shape index (κ3) is 3.76. The molecule has 3 rings (SSSR count). The van der Waals surface area contributed by atoms with E-state index in [4.69, 9.17) is 5.73 Å². The summed E-state index contributed by atoms with van der Waals surface area (Å²) >= 11 is 0. The van der Waals surface area contributed by atoms with Crippen molar-refractivity contribution in [3.05, 3.63) is 71.8 Å². The first-order valence-corrected chi connectivity index (χ1v) is 8.46. The van der Waals surface area contributed by atoms with Gasteiger partial charge in [-0.2, -0.15) is 0 Å². The van der Waals surface area contributed by atoms with E-state index >= 15 is 0 Å². The number of nitrogens with two attached hydrogens (primary N) is 1. The molecule has 22 heavy (non-hydrogen) atoms. The fourth-order valence-electron chi connectivity index (χ4n) is 3.46. The lowest BCUT2D eigenvalue weighted by molar-refractivity contribution is 0.316. The second-order valence-corrected chi connectivity index (χ2v) is 6.33. The highest BCUT2D eigenvalue weighted by Gasteiger charge is 2.25. The first-order valence-electron chi connectivity index (χ1n) is 8.46. The summed E-state index contributed by atoms with van der Waals surface area (Å²) in [7, 11) is 0. The van der Waals surface area contributed by atoms with Crippen LogP contribution in [0, 0.1) is 0 Å².